The molecule has 0 bridgehead atoms. The quantitative estimate of drug-likeness (QED) is 0.810. The molecule has 27 heavy (non-hydrogen) atoms. The number of ether oxygens (including phenoxy) is 1. The lowest BCUT2D eigenvalue weighted by atomic mass is 9.89. The van der Waals surface area contributed by atoms with Gasteiger partial charge in [0.25, 0.3) is 0 Å². The molecule has 2 aliphatic rings. The number of amides is 1. The predicted octanol–water partition coefficient (Wildman–Crippen LogP) is 4.33. The van der Waals surface area contributed by atoms with E-state index in [-0.39, 0.29) is 12.1 Å². The molecule has 4 nitrogen and oxygen atoms in total. The lowest BCUT2D eigenvalue weighted by Gasteiger charge is -2.39. The maximum Gasteiger partial charge on any atom is 0.410 e. The van der Waals surface area contributed by atoms with Gasteiger partial charge in [0.05, 0.1) is 6.04 Å². The molecule has 1 amide bonds. The third-order valence-electron chi connectivity index (χ3n) is 5.85. The molecule has 2 heterocycles. The Morgan fingerprint density at radius 1 is 1.04 bits per heavy atom. The van der Waals surface area contributed by atoms with E-state index < -0.39 is 0 Å². The minimum Gasteiger partial charge on any atom is -0.445 e. The van der Waals surface area contributed by atoms with Crippen molar-refractivity contribution in [1.82, 2.24) is 9.80 Å². The summed E-state index contributed by atoms with van der Waals surface area (Å²) in [5, 5.41) is 0. The van der Waals surface area contributed by atoms with Crippen LogP contribution in [0.4, 0.5) is 4.79 Å². The molecular formula is C23H28N2O2. The van der Waals surface area contributed by atoms with Gasteiger partial charge in [-0.15, -0.1) is 0 Å². The number of aryl methyl sites for hydroxylation is 1. The zero-order valence-corrected chi connectivity index (χ0v) is 16.1. The van der Waals surface area contributed by atoms with E-state index in [1.165, 1.54) is 29.5 Å². The van der Waals surface area contributed by atoms with Gasteiger partial charge in [0.2, 0.25) is 0 Å². The van der Waals surface area contributed by atoms with Gasteiger partial charge in [0.1, 0.15) is 6.61 Å². The van der Waals surface area contributed by atoms with Crippen LogP contribution >= 0.6 is 0 Å². The van der Waals surface area contributed by atoms with Crippen LogP contribution in [0.25, 0.3) is 0 Å². The minimum atomic E-state index is -0.199. The van der Waals surface area contributed by atoms with Crippen molar-refractivity contribution < 1.29 is 9.53 Å². The van der Waals surface area contributed by atoms with Crippen LogP contribution in [-0.2, 0) is 17.8 Å². The zero-order valence-electron chi connectivity index (χ0n) is 16.1. The average molecular weight is 364 g/mol. The van der Waals surface area contributed by atoms with Gasteiger partial charge in [-0.1, -0.05) is 48.5 Å². The summed E-state index contributed by atoms with van der Waals surface area (Å²) in [6.07, 6.45) is 3.21. The summed E-state index contributed by atoms with van der Waals surface area (Å²) in [7, 11) is 0. The highest BCUT2D eigenvalue weighted by atomic mass is 16.6. The van der Waals surface area contributed by atoms with Crippen LogP contribution < -0.4 is 0 Å². The van der Waals surface area contributed by atoms with Crippen molar-refractivity contribution in [2.75, 3.05) is 26.2 Å². The van der Waals surface area contributed by atoms with Gasteiger partial charge in [-0.3, -0.25) is 4.90 Å². The molecule has 142 valence electrons. The van der Waals surface area contributed by atoms with Crippen molar-refractivity contribution >= 4 is 6.09 Å². The van der Waals surface area contributed by atoms with E-state index in [9.17, 15) is 4.79 Å². The van der Waals surface area contributed by atoms with Gasteiger partial charge in [-0.05, 0) is 61.5 Å². The summed E-state index contributed by atoms with van der Waals surface area (Å²) < 4.78 is 5.68. The molecular weight excluding hydrogens is 336 g/mol. The smallest absolute Gasteiger partial charge is 0.410 e. The van der Waals surface area contributed by atoms with E-state index in [1.807, 2.05) is 35.2 Å². The van der Waals surface area contributed by atoms with E-state index in [2.05, 4.69) is 30.0 Å². The lowest BCUT2D eigenvalue weighted by molar-refractivity contribution is 0.0685. The molecule has 4 rings (SSSR count). The van der Waals surface area contributed by atoms with Crippen molar-refractivity contribution in [3.8, 4) is 0 Å². The first kappa shape index (κ1) is 18.1. The first-order valence-corrected chi connectivity index (χ1v) is 10.0. The number of rotatable bonds is 4. The number of carbonyl (C=O) groups is 1. The van der Waals surface area contributed by atoms with Gasteiger partial charge in [0, 0.05) is 13.1 Å². The Labute approximate surface area is 161 Å². The summed E-state index contributed by atoms with van der Waals surface area (Å²) in [6, 6.07) is 16.5. The Morgan fingerprint density at radius 3 is 2.59 bits per heavy atom. The van der Waals surface area contributed by atoms with Crippen LogP contribution in [-0.4, -0.2) is 42.1 Å². The maximum absolute atomic E-state index is 12.9. The van der Waals surface area contributed by atoms with Crippen LogP contribution in [0.2, 0.25) is 0 Å². The molecule has 0 N–H and O–H groups in total. The second kappa shape index (κ2) is 8.13. The minimum absolute atomic E-state index is 0.0787. The predicted molar refractivity (Wildman–Crippen MR) is 107 cm³/mol. The number of benzene rings is 2. The molecule has 2 aliphatic heterocycles. The molecule has 1 unspecified atom stereocenters. The topological polar surface area (TPSA) is 32.8 Å². The molecule has 4 heteroatoms. The Morgan fingerprint density at radius 2 is 1.81 bits per heavy atom. The Bertz CT molecular complexity index is 784. The molecule has 1 saturated heterocycles. The fourth-order valence-corrected chi connectivity index (χ4v) is 4.36. The molecule has 1 fully saturated rings. The molecule has 0 aliphatic carbocycles. The average Bonchev–Trinajstić information content (AvgIpc) is 3.21. The van der Waals surface area contributed by atoms with Crippen LogP contribution in [0.5, 0.6) is 0 Å². The number of nitrogens with zero attached hydrogens (tertiary/aromatic N) is 2. The van der Waals surface area contributed by atoms with Crippen LogP contribution in [0, 0.1) is 6.92 Å². The second-order valence-electron chi connectivity index (χ2n) is 7.65. The number of hydrogen-bond donors (Lipinski definition) is 0. The molecule has 1 atom stereocenters. The highest BCUT2D eigenvalue weighted by Crippen LogP contribution is 2.33. The fraction of sp³-hybridized carbons (Fsp3) is 0.435. The molecule has 0 aromatic heterocycles. The summed E-state index contributed by atoms with van der Waals surface area (Å²) in [4.78, 5) is 17.4. The standard InChI is InChI=1S/C23H28N2O2/c1-18-8-7-11-21-20(18)12-15-25(22(21)16-24-13-5-6-14-24)23(26)27-17-19-9-3-2-4-10-19/h2-4,7-11,22H,5-6,12-17H2,1H3. The van der Waals surface area contributed by atoms with Crippen LogP contribution in [0.1, 0.15) is 41.1 Å². The third-order valence-corrected chi connectivity index (χ3v) is 5.85. The largest absolute Gasteiger partial charge is 0.445 e. The zero-order chi connectivity index (χ0) is 18.6. The highest BCUT2D eigenvalue weighted by Gasteiger charge is 2.34. The lowest BCUT2D eigenvalue weighted by Crippen LogP contribution is -2.45. The number of likely N-dealkylation sites (tertiary alicyclic amines) is 1. The van der Waals surface area contributed by atoms with Crippen LogP contribution in [0.15, 0.2) is 48.5 Å². The van der Waals surface area contributed by atoms with Gasteiger partial charge in [0.15, 0.2) is 0 Å². The van der Waals surface area contributed by atoms with Crippen LogP contribution in [0.3, 0.4) is 0 Å². The third kappa shape index (κ3) is 4.01. The summed E-state index contributed by atoms with van der Waals surface area (Å²) in [5.74, 6) is 0. The Kier molecular flexibility index (Phi) is 5.44. The van der Waals surface area contributed by atoms with E-state index in [1.54, 1.807) is 0 Å². The summed E-state index contributed by atoms with van der Waals surface area (Å²) in [5.41, 5.74) is 5.06. The fourth-order valence-electron chi connectivity index (χ4n) is 4.36. The van der Waals surface area contributed by atoms with E-state index in [4.69, 9.17) is 4.74 Å². The molecule has 2 aromatic carbocycles. The molecule has 0 saturated carbocycles. The summed E-state index contributed by atoms with van der Waals surface area (Å²) in [6.45, 7) is 6.39. The summed E-state index contributed by atoms with van der Waals surface area (Å²) >= 11 is 0. The monoisotopic (exact) mass is 364 g/mol. The van der Waals surface area contributed by atoms with Crippen molar-refractivity contribution in [3.63, 3.8) is 0 Å². The molecule has 0 spiro atoms. The van der Waals surface area contributed by atoms with Gasteiger partial charge >= 0.3 is 6.09 Å². The normalized spacial score (nSPS) is 19.7. The van der Waals surface area contributed by atoms with E-state index >= 15 is 0 Å². The number of fused-ring (bicyclic) bond motifs is 1. The van der Waals surface area contributed by atoms with Crippen molar-refractivity contribution in [2.45, 2.75) is 38.8 Å². The van der Waals surface area contributed by atoms with Gasteiger partial charge < -0.3 is 9.64 Å². The maximum atomic E-state index is 12.9. The molecule has 0 radical (unpaired) electrons. The van der Waals surface area contributed by atoms with Crippen molar-refractivity contribution in [1.29, 1.82) is 0 Å². The first-order chi connectivity index (χ1) is 13.2. The van der Waals surface area contributed by atoms with E-state index in [0.717, 1.165) is 38.2 Å². The second-order valence-corrected chi connectivity index (χ2v) is 7.65. The first-order valence-electron chi connectivity index (χ1n) is 10.0. The van der Waals surface area contributed by atoms with Gasteiger partial charge in [-0.25, -0.2) is 4.79 Å². The van der Waals surface area contributed by atoms with E-state index in [0.29, 0.717) is 6.61 Å². The van der Waals surface area contributed by atoms with Gasteiger partial charge in [-0.2, -0.15) is 0 Å². The number of hydrogen-bond acceptors (Lipinski definition) is 3. The van der Waals surface area contributed by atoms with Crippen molar-refractivity contribution in [2.24, 2.45) is 0 Å². The Balaban J connectivity index is 1.53. The number of carbonyl (C=O) groups excluding carboxylic acids is 1. The van der Waals surface area contributed by atoms with Crippen molar-refractivity contribution in [3.05, 3.63) is 70.8 Å². The SMILES string of the molecule is Cc1cccc2c1CCN(C(=O)OCc1ccccc1)C2CN1CCCC1. The Hall–Kier alpha value is -2.33. The highest BCUT2D eigenvalue weighted by molar-refractivity contribution is 5.69. The molecule has 2 aromatic rings.